The molecule has 0 unspecified atom stereocenters. The number of methoxy groups -OCH3 is 1. The number of ether oxygens (including phenoxy) is 1. The van der Waals surface area contributed by atoms with Crippen molar-refractivity contribution >= 4 is 52.5 Å². The molecule has 126 valence electrons. The fourth-order valence-electron chi connectivity index (χ4n) is 1.95. The summed E-state index contributed by atoms with van der Waals surface area (Å²) >= 11 is 13.3. The third kappa shape index (κ3) is 5.44. The van der Waals surface area contributed by atoms with Crippen LogP contribution in [-0.4, -0.2) is 24.7 Å². The Bertz CT molecular complexity index is 752. The lowest BCUT2D eigenvalue weighted by atomic mass is 10.2. The quantitative estimate of drug-likeness (QED) is 0.737. The second kappa shape index (κ2) is 8.97. The zero-order chi connectivity index (χ0) is 17.5. The van der Waals surface area contributed by atoms with Gasteiger partial charge in [0.25, 0.3) is 0 Å². The predicted octanol–water partition coefficient (Wildman–Crippen LogP) is 4.65. The summed E-state index contributed by atoms with van der Waals surface area (Å²) in [5.41, 5.74) is 1.76. The van der Waals surface area contributed by atoms with Crippen LogP contribution in [0.5, 0.6) is 0 Å². The Kier molecular flexibility index (Phi) is 6.97. The molecule has 0 aromatic heterocycles. The fraction of sp³-hybridized carbons (Fsp3) is 0.176. The first-order valence-corrected chi connectivity index (χ1v) is 8.90. The number of esters is 1. The normalized spacial score (nSPS) is 10.3. The highest BCUT2D eigenvalue weighted by Crippen LogP contribution is 2.22. The molecule has 0 aliphatic heterocycles. The van der Waals surface area contributed by atoms with Crippen LogP contribution in [0.15, 0.2) is 42.5 Å². The monoisotopic (exact) mass is 383 g/mol. The number of anilines is 1. The van der Waals surface area contributed by atoms with Crippen LogP contribution in [0.25, 0.3) is 0 Å². The van der Waals surface area contributed by atoms with Gasteiger partial charge in [0.2, 0.25) is 5.91 Å². The summed E-state index contributed by atoms with van der Waals surface area (Å²) in [4.78, 5) is 23.6. The number of nitrogens with one attached hydrogen (secondary N) is 1. The molecule has 0 saturated heterocycles. The molecule has 0 spiro atoms. The Labute approximate surface area is 154 Å². The summed E-state index contributed by atoms with van der Waals surface area (Å²) in [6.45, 7) is 0. The van der Waals surface area contributed by atoms with Gasteiger partial charge < -0.3 is 10.1 Å². The Hall–Kier alpha value is -1.69. The number of amides is 1. The van der Waals surface area contributed by atoms with Crippen LogP contribution < -0.4 is 5.32 Å². The molecule has 0 saturated carbocycles. The van der Waals surface area contributed by atoms with Crippen molar-refractivity contribution in [2.24, 2.45) is 0 Å². The molecule has 1 amide bonds. The molecule has 0 bridgehead atoms. The van der Waals surface area contributed by atoms with Gasteiger partial charge in [0.15, 0.2) is 0 Å². The Morgan fingerprint density at radius 3 is 2.67 bits per heavy atom. The van der Waals surface area contributed by atoms with Crippen molar-refractivity contribution in [2.45, 2.75) is 5.75 Å². The minimum atomic E-state index is -0.550. The van der Waals surface area contributed by atoms with Crippen LogP contribution in [-0.2, 0) is 15.3 Å². The number of thioether (sulfide) groups is 1. The topological polar surface area (TPSA) is 55.4 Å². The van der Waals surface area contributed by atoms with Crippen molar-refractivity contribution in [3.63, 3.8) is 0 Å². The zero-order valence-corrected chi connectivity index (χ0v) is 15.2. The highest BCUT2D eigenvalue weighted by Gasteiger charge is 2.12. The number of hydrogen-bond donors (Lipinski definition) is 1. The molecule has 0 aliphatic rings. The van der Waals surface area contributed by atoms with Gasteiger partial charge in [-0.25, -0.2) is 4.79 Å². The minimum Gasteiger partial charge on any atom is -0.465 e. The van der Waals surface area contributed by atoms with Gasteiger partial charge in [-0.2, -0.15) is 0 Å². The molecule has 0 atom stereocenters. The Morgan fingerprint density at radius 2 is 1.96 bits per heavy atom. The Balaban J connectivity index is 1.89. The first-order chi connectivity index (χ1) is 11.5. The van der Waals surface area contributed by atoms with Gasteiger partial charge in [0, 0.05) is 16.5 Å². The van der Waals surface area contributed by atoms with E-state index in [1.165, 1.54) is 24.9 Å². The molecule has 24 heavy (non-hydrogen) atoms. The highest BCUT2D eigenvalue weighted by atomic mass is 35.5. The molecule has 1 N–H and O–H groups in total. The lowest BCUT2D eigenvalue weighted by Gasteiger charge is -2.08. The van der Waals surface area contributed by atoms with E-state index in [0.29, 0.717) is 16.5 Å². The molecule has 4 nitrogen and oxygen atoms in total. The van der Waals surface area contributed by atoms with E-state index >= 15 is 0 Å². The van der Waals surface area contributed by atoms with Gasteiger partial charge >= 0.3 is 5.97 Å². The maximum atomic E-state index is 12.0. The summed E-state index contributed by atoms with van der Waals surface area (Å²) in [7, 11) is 1.27. The molecular weight excluding hydrogens is 369 g/mol. The van der Waals surface area contributed by atoms with Crippen LogP contribution in [0, 0.1) is 0 Å². The molecule has 0 fully saturated rings. The Morgan fingerprint density at radius 1 is 1.17 bits per heavy atom. The first kappa shape index (κ1) is 18.6. The summed E-state index contributed by atoms with van der Waals surface area (Å²) in [6.07, 6.45) is 0. The second-order valence-corrected chi connectivity index (χ2v) is 6.69. The van der Waals surface area contributed by atoms with Crippen LogP contribution in [0.2, 0.25) is 10.0 Å². The third-order valence-electron chi connectivity index (χ3n) is 3.05. The van der Waals surface area contributed by atoms with Crippen molar-refractivity contribution in [1.29, 1.82) is 0 Å². The molecule has 2 rings (SSSR count). The second-order valence-electron chi connectivity index (χ2n) is 4.86. The van der Waals surface area contributed by atoms with Crippen molar-refractivity contribution in [2.75, 3.05) is 18.2 Å². The number of rotatable bonds is 6. The van der Waals surface area contributed by atoms with Crippen molar-refractivity contribution in [3.8, 4) is 0 Å². The van der Waals surface area contributed by atoms with E-state index in [4.69, 9.17) is 23.2 Å². The summed E-state index contributed by atoms with van der Waals surface area (Å²) in [6, 6.07) is 12.2. The SMILES string of the molecule is COC(=O)c1cc(NC(=O)CSCc2cccc(Cl)c2)ccc1Cl. The smallest absolute Gasteiger partial charge is 0.339 e. The highest BCUT2D eigenvalue weighted by molar-refractivity contribution is 7.99. The average molecular weight is 384 g/mol. The summed E-state index contributed by atoms with van der Waals surface area (Å²) < 4.78 is 4.65. The van der Waals surface area contributed by atoms with Crippen LogP contribution >= 0.6 is 35.0 Å². The van der Waals surface area contributed by atoms with E-state index < -0.39 is 5.97 Å². The van der Waals surface area contributed by atoms with E-state index in [1.54, 1.807) is 12.1 Å². The average Bonchev–Trinajstić information content (AvgIpc) is 2.56. The maximum Gasteiger partial charge on any atom is 0.339 e. The predicted molar refractivity (Wildman–Crippen MR) is 99.0 cm³/mol. The van der Waals surface area contributed by atoms with Crippen LogP contribution in [0.1, 0.15) is 15.9 Å². The lowest BCUT2D eigenvalue weighted by molar-refractivity contribution is -0.113. The van der Waals surface area contributed by atoms with Crippen LogP contribution in [0.4, 0.5) is 5.69 Å². The van der Waals surface area contributed by atoms with E-state index in [2.05, 4.69) is 10.1 Å². The third-order valence-corrected chi connectivity index (χ3v) is 4.61. The molecule has 7 heteroatoms. The van der Waals surface area contributed by atoms with Crippen molar-refractivity contribution < 1.29 is 14.3 Å². The maximum absolute atomic E-state index is 12.0. The van der Waals surface area contributed by atoms with Gasteiger partial charge in [-0.1, -0.05) is 35.3 Å². The molecule has 2 aromatic carbocycles. The van der Waals surface area contributed by atoms with Crippen molar-refractivity contribution in [1.82, 2.24) is 0 Å². The lowest BCUT2D eigenvalue weighted by Crippen LogP contribution is -2.15. The number of carbonyl (C=O) groups excluding carboxylic acids is 2. The van der Waals surface area contributed by atoms with Gasteiger partial charge in [-0.15, -0.1) is 11.8 Å². The standard InChI is InChI=1S/C17H15Cl2NO3S/c1-23-17(22)14-8-13(5-6-15(14)19)20-16(21)10-24-9-11-3-2-4-12(18)7-11/h2-8H,9-10H2,1H3,(H,20,21). The zero-order valence-electron chi connectivity index (χ0n) is 12.8. The van der Waals surface area contributed by atoms with E-state index in [9.17, 15) is 9.59 Å². The summed E-state index contributed by atoms with van der Waals surface area (Å²) in [5, 5.41) is 3.68. The minimum absolute atomic E-state index is 0.167. The first-order valence-electron chi connectivity index (χ1n) is 6.99. The van der Waals surface area contributed by atoms with E-state index in [0.717, 1.165) is 5.56 Å². The number of hydrogen-bond acceptors (Lipinski definition) is 4. The number of halogens is 2. The molecule has 0 heterocycles. The van der Waals surface area contributed by atoms with Gasteiger partial charge in [0.1, 0.15) is 0 Å². The largest absolute Gasteiger partial charge is 0.465 e. The van der Waals surface area contributed by atoms with Gasteiger partial charge in [-0.05, 0) is 35.9 Å². The molecular formula is C17H15Cl2NO3S. The van der Waals surface area contributed by atoms with Crippen molar-refractivity contribution in [3.05, 3.63) is 63.6 Å². The van der Waals surface area contributed by atoms with Gasteiger partial charge in [-0.3, -0.25) is 4.79 Å². The van der Waals surface area contributed by atoms with Crippen LogP contribution in [0.3, 0.4) is 0 Å². The molecule has 0 aliphatic carbocycles. The van der Waals surface area contributed by atoms with E-state index in [1.807, 2.05) is 24.3 Å². The number of carbonyl (C=O) groups is 2. The summed E-state index contributed by atoms with van der Waals surface area (Å²) in [5.74, 6) is 0.247. The molecule has 2 aromatic rings. The fourth-order valence-corrected chi connectivity index (χ4v) is 3.14. The van der Waals surface area contributed by atoms with E-state index in [-0.39, 0.29) is 22.2 Å². The molecule has 0 radical (unpaired) electrons. The van der Waals surface area contributed by atoms with Gasteiger partial charge in [0.05, 0.1) is 23.4 Å². The number of benzene rings is 2.